The Labute approximate surface area is 189 Å². The molecule has 1 amide bonds. The number of carbonyl (C=O) groups is 1. The van der Waals surface area contributed by atoms with E-state index >= 15 is 0 Å². The van der Waals surface area contributed by atoms with Crippen LogP contribution in [0.1, 0.15) is 41.3 Å². The van der Waals surface area contributed by atoms with Gasteiger partial charge in [-0.25, -0.2) is 4.98 Å². The number of benzene rings is 3. The van der Waals surface area contributed by atoms with Gasteiger partial charge in [0, 0.05) is 29.8 Å². The first-order chi connectivity index (χ1) is 15.5. The number of hydrogen-bond donors (Lipinski definition) is 2. The minimum Gasteiger partial charge on any atom is -0.324 e. The van der Waals surface area contributed by atoms with Crippen LogP contribution in [0.2, 0.25) is 0 Å². The maximum Gasteiger partial charge on any atom is 0.246 e. The smallest absolute Gasteiger partial charge is 0.246 e. The molecule has 0 fully saturated rings. The lowest BCUT2D eigenvalue weighted by atomic mass is 10.0. The van der Waals surface area contributed by atoms with Gasteiger partial charge in [-0.15, -0.1) is 0 Å². The lowest BCUT2D eigenvalue weighted by Crippen LogP contribution is -2.34. The molecule has 1 aromatic heterocycles. The molecule has 0 radical (unpaired) electrons. The molecule has 4 rings (SSSR count). The van der Waals surface area contributed by atoms with Gasteiger partial charge in [0.1, 0.15) is 6.04 Å². The lowest BCUT2D eigenvalue weighted by molar-refractivity contribution is -0.118. The van der Waals surface area contributed by atoms with Crippen molar-refractivity contribution in [1.82, 2.24) is 14.9 Å². The highest BCUT2D eigenvalue weighted by atomic mass is 16.2. The average Bonchev–Trinajstić information content (AvgIpc) is 3.35. The number of amides is 1. The molecule has 2 N–H and O–H groups in total. The van der Waals surface area contributed by atoms with Gasteiger partial charge in [-0.3, -0.25) is 10.1 Å². The Morgan fingerprint density at radius 2 is 1.69 bits per heavy atom. The molecule has 32 heavy (non-hydrogen) atoms. The van der Waals surface area contributed by atoms with E-state index in [1.807, 2.05) is 73.1 Å². The van der Waals surface area contributed by atoms with Crippen LogP contribution in [-0.4, -0.2) is 15.5 Å². The van der Waals surface area contributed by atoms with Crippen molar-refractivity contribution in [3.8, 4) is 5.69 Å². The topological polar surface area (TPSA) is 59.0 Å². The number of nitrogens with zero attached hydrogens (tertiary/aromatic N) is 2. The second-order valence-electron chi connectivity index (χ2n) is 8.10. The summed E-state index contributed by atoms with van der Waals surface area (Å²) in [6.07, 6.45) is 5.45. The van der Waals surface area contributed by atoms with Crippen molar-refractivity contribution in [3.63, 3.8) is 0 Å². The van der Waals surface area contributed by atoms with Gasteiger partial charge in [0.15, 0.2) is 0 Å². The summed E-state index contributed by atoms with van der Waals surface area (Å²) in [5.74, 6) is -0.0771. The van der Waals surface area contributed by atoms with Gasteiger partial charge in [-0.05, 0) is 61.2 Å². The van der Waals surface area contributed by atoms with E-state index in [2.05, 4.69) is 46.8 Å². The van der Waals surface area contributed by atoms with Gasteiger partial charge in [0.25, 0.3) is 0 Å². The number of carbonyl (C=O) groups excluding carboxylic acids is 1. The van der Waals surface area contributed by atoms with Crippen molar-refractivity contribution in [3.05, 3.63) is 114 Å². The first-order valence-corrected chi connectivity index (χ1v) is 10.8. The van der Waals surface area contributed by atoms with Crippen molar-refractivity contribution in [2.75, 3.05) is 5.32 Å². The molecule has 0 bridgehead atoms. The van der Waals surface area contributed by atoms with Crippen LogP contribution in [0.5, 0.6) is 0 Å². The summed E-state index contributed by atoms with van der Waals surface area (Å²) in [6, 6.07) is 23.7. The molecule has 162 valence electrons. The molecule has 0 spiro atoms. The molecular formula is C27H28N4O. The number of aromatic nitrogens is 2. The Kier molecular flexibility index (Phi) is 6.47. The second kappa shape index (κ2) is 9.62. The molecule has 3 aromatic carbocycles. The number of aryl methyl sites for hydroxylation is 2. The maximum absolute atomic E-state index is 13.4. The molecule has 0 aliphatic rings. The number of imidazole rings is 1. The summed E-state index contributed by atoms with van der Waals surface area (Å²) < 4.78 is 1.96. The fourth-order valence-corrected chi connectivity index (χ4v) is 3.74. The Balaban J connectivity index is 1.55. The van der Waals surface area contributed by atoms with E-state index in [0.29, 0.717) is 0 Å². The summed E-state index contributed by atoms with van der Waals surface area (Å²) in [6.45, 7) is 6.11. The van der Waals surface area contributed by atoms with Crippen LogP contribution in [0, 0.1) is 13.8 Å². The first-order valence-electron chi connectivity index (χ1n) is 10.8. The predicted molar refractivity (Wildman–Crippen MR) is 129 cm³/mol. The van der Waals surface area contributed by atoms with Gasteiger partial charge in [-0.2, -0.15) is 0 Å². The lowest BCUT2D eigenvalue weighted by Gasteiger charge is -2.24. The molecule has 0 unspecified atom stereocenters. The third kappa shape index (κ3) is 4.95. The van der Waals surface area contributed by atoms with Crippen LogP contribution in [0.3, 0.4) is 0 Å². The molecule has 2 atom stereocenters. The number of rotatable bonds is 7. The third-order valence-corrected chi connectivity index (χ3v) is 5.66. The van der Waals surface area contributed by atoms with E-state index in [-0.39, 0.29) is 11.9 Å². The van der Waals surface area contributed by atoms with Gasteiger partial charge >= 0.3 is 0 Å². The Hall–Kier alpha value is -3.70. The summed E-state index contributed by atoms with van der Waals surface area (Å²) in [7, 11) is 0. The molecule has 5 heteroatoms. The second-order valence-corrected chi connectivity index (χ2v) is 8.10. The monoisotopic (exact) mass is 424 g/mol. The summed E-state index contributed by atoms with van der Waals surface area (Å²) >= 11 is 0. The van der Waals surface area contributed by atoms with Crippen molar-refractivity contribution < 1.29 is 4.79 Å². The Morgan fingerprint density at radius 1 is 0.938 bits per heavy atom. The molecule has 1 heterocycles. The Morgan fingerprint density at radius 3 is 2.38 bits per heavy atom. The fraction of sp³-hybridized carbons (Fsp3) is 0.185. The van der Waals surface area contributed by atoms with Crippen LogP contribution in [0.15, 0.2) is 91.5 Å². The van der Waals surface area contributed by atoms with Gasteiger partial charge in [-0.1, -0.05) is 54.6 Å². The Bertz CT molecular complexity index is 1170. The van der Waals surface area contributed by atoms with Gasteiger partial charge in [0.2, 0.25) is 5.91 Å². The fourth-order valence-electron chi connectivity index (χ4n) is 3.74. The van der Waals surface area contributed by atoms with Crippen molar-refractivity contribution in [2.45, 2.75) is 32.9 Å². The van der Waals surface area contributed by atoms with E-state index < -0.39 is 6.04 Å². The summed E-state index contributed by atoms with van der Waals surface area (Å²) in [5.41, 5.74) is 6.08. The quantitative estimate of drug-likeness (QED) is 0.411. The molecule has 4 aromatic rings. The van der Waals surface area contributed by atoms with Gasteiger partial charge in [0.05, 0.1) is 6.33 Å². The maximum atomic E-state index is 13.4. The standard InChI is InChI=1S/C27H28N4O/c1-19-9-10-20(2)25(17-19)30-27(32)26(23-7-5-4-6-8-23)29-21(3)22-11-13-24(14-12-22)31-16-15-28-18-31/h4-18,21,26,29H,1-3H3,(H,30,32)/t21-,26-/m1/s1. The van der Waals surface area contributed by atoms with E-state index in [1.54, 1.807) is 12.5 Å². The summed E-state index contributed by atoms with van der Waals surface area (Å²) in [4.78, 5) is 17.5. The highest BCUT2D eigenvalue weighted by molar-refractivity contribution is 5.96. The normalized spacial score (nSPS) is 12.8. The van der Waals surface area contributed by atoms with Crippen LogP contribution in [0.4, 0.5) is 5.69 Å². The zero-order chi connectivity index (χ0) is 22.5. The number of anilines is 1. The van der Waals surface area contributed by atoms with Crippen molar-refractivity contribution >= 4 is 11.6 Å². The zero-order valence-electron chi connectivity index (χ0n) is 18.6. The van der Waals surface area contributed by atoms with Crippen molar-refractivity contribution in [1.29, 1.82) is 0 Å². The summed E-state index contributed by atoms with van der Waals surface area (Å²) in [5, 5.41) is 6.65. The number of nitrogens with one attached hydrogen (secondary N) is 2. The highest BCUT2D eigenvalue weighted by Gasteiger charge is 2.23. The molecular weight excluding hydrogens is 396 g/mol. The average molecular weight is 425 g/mol. The van der Waals surface area contributed by atoms with Gasteiger partial charge < -0.3 is 9.88 Å². The molecule has 0 aliphatic heterocycles. The van der Waals surface area contributed by atoms with E-state index in [9.17, 15) is 4.79 Å². The minimum absolute atomic E-state index is 0.0265. The van der Waals surface area contributed by atoms with Crippen LogP contribution in [0.25, 0.3) is 5.69 Å². The number of hydrogen-bond acceptors (Lipinski definition) is 3. The van der Waals surface area contributed by atoms with E-state index in [0.717, 1.165) is 33.6 Å². The largest absolute Gasteiger partial charge is 0.324 e. The van der Waals surface area contributed by atoms with E-state index in [4.69, 9.17) is 0 Å². The van der Waals surface area contributed by atoms with Crippen molar-refractivity contribution in [2.24, 2.45) is 0 Å². The zero-order valence-corrected chi connectivity index (χ0v) is 18.6. The van der Waals surface area contributed by atoms with Crippen LogP contribution >= 0.6 is 0 Å². The van der Waals surface area contributed by atoms with Crippen LogP contribution < -0.4 is 10.6 Å². The van der Waals surface area contributed by atoms with Crippen LogP contribution in [-0.2, 0) is 4.79 Å². The molecule has 0 saturated carbocycles. The predicted octanol–water partition coefficient (Wildman–Crippen LogP) is 5.52. The third-order valence-electron chi connectivity index (χ3n) is 5.66. The van der Waals surface area contributed by atoms with E-state index in [1.165, 1.54) is 0 Å². The molecule has 0 saturated heterocycles. The first kappa shape index (κ1) is 21.5. The molecule has 0 aliphatic carbocycles. The highest BCUT2D eigenvalue weighted by Crippen LogP contribution is 2.24. The molecule has 5 nitrogen and oxygen atoms in total. The SMILES string of the molecule is Cc1ccc(C)c(NC(=O)[C@H](N[C@H](C)c2ccc(-n3ccnc3)cc2)c2ccccc2)c1. The minimum atomic E-state index is -0.487.